The van der Waals surface area contributed by atoms with Gasteiger partial charge in [0.15, 0.2) is 0 Å². The maximum atomic E-state index is 9.93. The van der Waals surface area contributed by atoms with Gasteiger partial charge in [0.25, 0.3) is 0 Å². The van der Waals surface area contributed by atoms with Gasteiger partial charge in [-0.1, -0.05) is 43.1 Å². The Morgan fingerprint density at radius 3 is 2.29 bits per heavy atom. The second-order valence-corrected chi connectivity index (χ2v) is 6.38. The minimum Gasteiger partial charge on any atom is -0.392 e. The number of rotatable bonds is 6. The molecule has 4 heteroatoms. The Morgan fingerprint density at radius 1 is 1.18 bits per heavy atom. The largest absolute Gasteiger partial charge is 0.392 e. The summed E-state index contributed by atoms with van der Waals surface area (Å²) >= 11 is 13.9. The monoisotopic (exact) mass is 292 g/mol. The first-order valence-corrected chi connectivity index (χ1v) is 7.60. The van der Waals surface area contributed by atoms with Crippen molar-refractivity contribution in [2.24, 2.45) is 5.92 Å². The zero-order valence-electron chi connectivity index (χ0n) is 10.1. The van der Waals surface area contributed by atoms with Gasteiger partial charge >= 0.3 is 0 Å². The van der Waals surface area contributed by atoms with E-state index in [1.807, 2.05) is 6.07 Å². The maximum Gasteiger partial charge on any atom is 0.0671 e. The summed E-state index contributed by atoms with van der Waals surface area (Å²) in [5.74, 6) is 2.43. The summed E-state index contributed by atoms with van der Waals surface area (Å²) in [4.78, 5) is 0. The zero-order valence-corrected chi connectivity index (χ0v) is 12.4. The average Bonchev–Trinajstić information content (AvgIpc) is 2.23. The van der Waals surface area contributed by atoms with E-state index in [1.165, 1.54) is 0 Å². The summed E-state index contributed by atoms with van der Waals surface area (Å²) < 4.78 is 0. The zero-order chi connectivity index (χ0) is 12.8. The molecule has 0 aliphatic rings. The molecule has 0 saturated carbocycles. The lowest BCUT2D eigenvalue weighted by Gasteiger charge is -2.13. The second kappa shape index (κ2) is 7.52. The Labute approximate surface area is 118 Å². The molecule has 0 amide bonds. The first kappa shape index (κ1) is 15.2. The molecule has 1 N–H and O–H groups in total. The van der Waals surface area contributed by atoms with Gasteiger partial charge in [0.05, 0.1) is 6.10 Å². The van der Waals surface area contributed by atoms with Crippen molar-refractivity contribution in [3.8, 4) is 0 Å². The van der Waals surface area contributed by atoms with Crippen molar-refractivity contribution in [3.63, 3.8) is 0 Å². The lowest BCUT2D eigenvalue weighted by atomic mass is 10.1. The minimum atomic E-state index is -0.392. The van der Waals surface area contributed by atoms with Gasteiger partial charge in [-0.25, -0.2) is 0 Å². The van der Waals surface area contributed by atoms with Crippen LogP contribution in [0.1, 0.15) is 19.4 Å². The summed E-state index contributed by atoms with van der Waals surface area (Å²) in [6, 6.07) is 5.42. The van der Waals surface area contributed by atoms with Crippen LogP contribution in [0.2, 0.25) is 10.0 Å². The third-order valence-electron chi connectivity index (χ3n) is 2.26. The molecule has 1 atom stereocenters. The topological polar surface area (TPSA) is 20.2 Å². The predicted molar refractivity (Wildman–Crippen MR) is 78.3 cm³/mol. The summed E-state index contributed by atoms with van der Waals surface area (Å²) in [6.45, 7) is 4.34. The van der Waals surface area contributed by atoms with Gasteiger partial charge in [-0.05, 0) is 29.4 Å². The Balaban J connectivity index is 2.47. The van der Waals surface area contributed by atoms with Crippen molar-refractivity contribution in [2.45, 2.75) is 26.4 Å². The number of hydrogen-bond donors (Lipinski definition) is 1. The molecule has 0 fully saturated rings. The fourth-order valence-corrected chi connectivity index (χ4v) is 3.01. The van der Waals surface area contributed by atoms with Gasteiger partial charge in [-0.3, -0.25) is 0 Å². The molecule has 1 unspecified atom stereocenters. The van der Waals surface area contributed by atoms with Crippen molar-refractivity contribution in [2.75, 3.05) is 11.5 Å². The van der Waals surface area contributed by atoms with Gasteiger partial charge in [-0.2, -0.15) is 11.8 Å². The van der Waals surface area contributed by atoms with E-state index in [0.29, 0.717) is 22.4 Å². The van der Waals surface area contributed by atoms with Crippen LogP contribution in [-0.2, 0) is 6.42 Å². The molecule has 1 aromatic carbocycles. The summed E-state index contributed by atoms with van der Waals surface area (Å²) in [5, 5.41) is 11.2. The van der Waals surface area contributed by atoms with Crippen LogP contribution in [0.25, 0.3) is 0 Å². The number of hydrogen-bond acceptors (Lipinski definition) is 2. The highest BCUT2D eigenvalue weighted by Crippen LogP contribution is 2.26. The van der Waals surface area contributed by atoms with E-state index >= 15 is 0 Å². The summed E-state index contributed by atoms with van der Waals surface area (Å²) in [6.07, 6.45) is 0.125. The van der Waals surface area contributed by atoms with Gasteiger partial charge < -0.3 is 5.11 Å². The third-order valence-corrected chi connectivity index (χ3v) is 4.49. The van der Waals surface area contributed by atoms with Crippen molar-refractivity contribution in [3.05, 3.63) is 33.8 Å². The molecule has 0 aliphatic heterocycles. The molecule has 17 heavy (non-hydrogen) atoms. The van der Waals surface area contributed by atoms with Crippen LogP contribution in [0.5, 0.6) is 0 Å². The number of benzene rings is 1. The van der Waals surface area contributed by atoms with Gasteiger partial charge in [0, 0.05) is 22.2 Å². The Hall–Kier alpha value is 0.110. The summed E-state index contributed by atoms with van der Waals surface area (Å²) in [7, 11) is 0. The molecule has 1 nitrogen and oxygen atoms in total. The minimum absolute atomic E-state index is 0.392. The van der Waals surface area contributed by atoms with Crippen LogP contribution < -0.4 is 0 Å². The van der Waals surface area contributed by atoms with E-state index in [0.717, 1.165) is 17.1 Å². The molecule has 0 radical (unpaired) electrons. The fraction of sp³-hybridized carbons (Fsp3) is 0.538. The number of aliphatic hydroxyl groups excluding tert-OH is 1. The number of thioether (sulfide) groups is 1. The van der Waals surface area contributed by atoms with Crippen molar-refractivity contribution >= 4 is 35.0 Å². The number of aliphatic hydroxyl groups is 1. The van der Waals surface area contributed by atoms with Gasteiger partial charge in [0.1, 0.15) is 0 Å². The maximum absolute atomic E-state index is 9.93. The molecule has 0 aromatic heterocycles. The van der Waals surface area contributed by atoms with E-state index in [-0.39, 0.29) is 0 Å². The van der Waals surface area contributed by atoms with E-state index in [1.54, 1.807) is 23.9 Å². The molecule has 0 spiro atoms. The summed E-state index contributed by atoms with van der Waals surface area (Å²) in [5.41, 5.74) is 0.841. The van der Waals surface area contributed by atoms with E-state index in [9.17, 15) is 5.11 Å². The Morgan fingerprint density at radius 2 is 1.76 bits per heavy atom. The third kappa shape index (κ3) is 5.52. The highest BCUT2D eigenvalue weighted by molar-refractivity contribution is 7.99. The quantitative estimate of drug-likeness (QED) is 0.844. The van der Waals surface area contributed by atoms with Crippen LogP contribution in [0, 0.1) is 5.92 Å². The fourth-order valence-electron chi connectivity index (χ4n) is 1.46. The molecular weight excluding hydrogens is 275 g/mol. The van der Waals surface area contributed by atoms with E-state index in [4.69, 9.17) is 23.2 Å². The van der Waals surface area contributed by atoms with Crippen molar-refractivity contribution in [1.29, 1.82) is 0 Å². The molecule has 0 bridgehead atoms. The lowest BCUT2D eigenvalue weighted by molar-refractivity contribution is 0.200. The molecule has 96 valence electrons. The normalized spacial score (nSPS) is 13.1. The number of halogens is 2. The van der Waals surface area contributed by atoms with Crippen LogP contribution in [0.4, 0.5) is 0 Å². The van der Waals surface area contributed by atoms with E-state index < -0.39 is 6.10 Å². The second-order valence-electron chi connectivity index (χ2n) is 4.49. The molecule has 0 heterocycles. The lowest BCUT2D eigenvalue weighted by Crippen LogP contribution is -2.15. The van der Waals surface area contributed by atoms with Gasteiger partial charge in [0.2, 0.25) is 0 Å². The van der Waals surface area contributed by atoms with Gasteiger partial charge in [-0.15, -0.1) is 0 Å². The van der Waals surface area contributed by atoms with Crippen LogP contribution in [0.15, 0.2) is 18.2 Å². The Bertz CT molecular complexity index is 335. The van der Waals surface area contributed by atoms with Crippen LogP contribution in [0.3, 0.4) is 0 Å². The van der Waals surface area contributed by atoms with Crippen molar-refractivity contribution in [1.82, 2.24) is 0 Å². The first-order chi connectivity index (χ1) is 8.00. The Kier molecular flexibility index (Phi) is 6.71. The predicted octanol–water partition coefficient (Wildman–Crippen LogP) is 4.29. The van der Waals surface area contributed by atoms with Crippen molar-refractivity contribution < 1.29 is 5.11 Å². The molecule has 1 rings (SSSR count). The molecule has 1 aromatic rings. The SMILES string of the molecule is CC(C)CSCC(O)Cc1c(Cl)cccc1Cl. The highest BCUT2D eigenvalue weighted by Gasteiger charge is 2.12. The molecular formula is C13H18Cl2OS. The van der Waals surface area contributed by atoms with Crippen LogP contribution in [-0.4, -0.2) is 22.7 Å². The van der Waals surface area contributed by atoms with Crippen LogP contribution >= 0.6 is 35.0 Å². The molecule has 0 aliphatic carbocycles. The molecule has 0 saturated heterocycles. The van der Waals surface area contributed by atoms with E-state index in [2.05, 4.69) is 13.8 Å². The average molecular weight is 293 g/mol. The smallest absolute Gasteiger partial charge is 0.0671 e. The standard InChI is InChI=1S/C13H18Cl2OS/c1-9(2)7-17-8-10(16)6-11-12(14)4-3-5-13(11)15/h3-5,9-10,16H,6-8H2,1-2H3. The first-order valence-electron chi connectivity index (χ1n) is 5.69. The highest BCUT2D eigenvalue weighted by atomic mass is 35.5.